The zero-order chi connectivity index (χ0) is 14.7. The quantitative estimate of drug-likeness (QED) is 0.674. The normalized spacial score (nSPS) is 11.0. The largest absolute Gasteiger partial charge is 0.478 e. The number of carboxylic acids is 1. The second-order valence-electron chi connectivity index (χ2n) is 4.56. The summed E-state index contributed by atoms with van der Waals surface area (Å²) in [6, 6.07) is 0. The van der Waals surface area contributed by atoms with Crippen LogP contribution in [0.15, 0.2) is 16.7 Å². The Balaban J connectivity index is 2.34. The van der Waals surface area contributed by atoms with Crippen LogP contribution in [0.1, 0.15) is 46.5 Å². The zero-order valence-corrected chi connectivity index (χ0v) is 13.1. The van der Waals surface area contributed by atoms with Crippen LogP contribution in [0.4, 0.5) is 0 Å². The van der Waals surface area contributed by atoms with Gasteiger partial charge in [-0.1, -0.05) is 25.6 Å². The molecule has 0 atom stereocenters. The first kappa shape index (κ1) is 14.9. The average molecular weight is 309 g/mol. The lowest BCUT2D eigenvalue weighted by Gasteiger charge is -2.11. The Morgan fingerprint density at radius 3 is 2.75 bits per heavy atom. The first-order valence-corrected chi connectivity index (χ1v) is 7.97. The smallest absolute Gasteiger partial charge is 0.340 e. The third-order valence-corrected chi connectivity index (χ3v) is 4.63. The van der Waals surface area contributed by atoms with Gasteiger partial charge in [0.05, 0.1) is 11.2 Å². The number of hydrogen-bond donors (Lipinski definition) is 1. The standard InChI is InChI=1S/C13H15N3O2S2/c1-7(2)11-15-8(3)10(13(17)18)12(16-11)19-5-9-4-14-6-20-9/h4,6-7H,5H2,1-3H3,(H,17,18). The number of thiazole rings is 1. The predicted octanol–water partition coefficient (Wildman–Crippen LogP) is 3.36. The monoisotopic (exact) mass is 309 g/mol. The minimum atomic E-state index is -0.982. The highest BCUT2D eigenvalue weighted by molar-refractivity contribution is 7.98. The molecule has 0 fully saturated rings. The Kier molecular flexibility index (Phi) is 4.72. The van der Waals surface area contributed by atoms with Crippen molar-refractivity contribution in [3.8, 4) is 0 Å². The molecule has 5 nitrogen and oxygen atoms in total. The summed E-state index contributed by atoms with van der Waals surface area (Å²) in [6.45, 7) is 5.70. The van der Waals surface area contributed by atoms with E-state index in [1.165, 1.54) is 11.8 Å². The number of aromatic nitrogens is 3. The third-order valence-electron chi connectivity index (χ3n) is 2.64. The molecule has 7 heteroatoms. The van der Waals surface area contributed by atoms with Crippen molar-refractivity contribution < 1.29 is 9.90 Å². The van der Waals surface area contributed by atoms with Crippen molar-refractivity contribution in [2.75, 3.05) is 0 Å². The molecule has 2 aromatic heterocycles. The number of aromatic carboxylic acids is 1. The van der Waals surface area contributed by atoms with Gasteiger partial charge in [-0.2, -0.15) is 0 Å². The highest BCUT2D eigenvalue weighted by atomic mass is 32.2. The van der Waals surface area contributed by atoms with E-state index in [2.05, 4.69) is 15.0 Å². The summed E-state index contributed by atoms with van der Waals surface area (Å²) in [6.07, 6.45) is 1.79. The van der Waals surface area contributed by atoms with E-state index in [9.17, 15) is 9.90 Å². The van der Waals surface area contributed by atoms with Gasteiger partial charge in [-0.3, -0.25) is 4.98 Å². The Hall–Kier alpha value is -1.47. The Morgan fingerprint density at radius 2 is 2.20 bits per heavy atom. The molecule has 0 aliphatic carbocycles. The molecule has 0 saturated carbocycles. The van der Waals surface area contributed by atoms with Crippen molar-refractivity contribution in [1.82, 2.24) is 15.0 Å². The second kappa shape index (κ2) is 6.32. The summed E-state index contributed by atoms with van der Waals surface area (Å²) in [4.78, 5) is 25.2. The van der Waals surface area contributed by atoms with Gasteiger partial charge < -0.3 is 5.11 Å². The van der Waals surface area contributed by atoms with Crippen molar-refractivity contribution in [2.45, 2.75) is 37.5 Å². The zero-order valence-electron chi connectivity index (χ0n) is 11.5. The molecule has 0 saturated heterocycles. The summed E-state index contributed by atoms with van der Waals surface area (Å²) in [5.41, 5.74) is 2.48. The van der Waals surface area contributed by atoms with Crippen LogP contribution in [0.5, 0.6) is 0 Å². The SMILES string of the molecule is Cc1nc(C(C)C)nc(SCc2cncs2)c1C(=O)O. The first-order valence-electron chi connectivity index (χ1n) is 6.11. The molecular weight excluding hydrogens is 294 g/mol. The summed E-state index contributed by atoms with van der Waals surface area (Å²) in [5, 5.41) is 9.86. The van der Waals surface area contributed by atoms with Gasteiger partial charge in [-0.25, -0.2) is 14.8 Å². The molecule has 0 spiro atoms. The van der Waals surface area contributed by atoms with Crippen LogP contribution in [0.2, 0.25) is 0 Å². The Morgan fingerprint density at radius 1 is 1.45 bits per heavy atom. The minimum absolute atomic E-state index is 0.166. The highest BCUT2D eigenvalue weighted by Gasteiger charge is 2.19. The number of hydrogen-bond acceptors (Lipinski definition) is 6. The lowest BCUT2D eigenvalue weighted by atomic mass is 10.2. The molecule has 2 heterocycles. The van der Waals surface area contributed by atoms with Crippen LogP contribution >= 0.6 is 23.1 Å². The number of carboxylic acid groups (broad SMARTS) is 1. The summed E-state index contributed by atoms with van der Waals surface area (Å²) >= 11 is 2.97. The summed E-state index contributed by atoms with van der Waals surface area (Å²) < 4.78 is 0. The summed E-state index contributed by atoms with van der Waals surface area (Å²) in [5.74, 6) is 0.530. The van der Waals surface area contributed by atoms with Crippen LogP contribution < -0.4 is 0 Å². The van der Waals surface area contributed by atoms with Gasteiger partial charge in [-0.15, -0.1) is 11.3 Å². The van der Waals surface area contributed by atoms with Gasteiger partial charge in [0.15, 0.2) is 0 Å². The molecule has 0 bridgehead atoms. The van der Waals surface area contributed by atoms with E-state index in [4.69, 9.17) is 0 Å². The molecule has 0 aliphatic rings. The van der Waals surface area contributed by atoms with E-state index in [0.717, 1.165) is 4.88 Å². The average Bonchev–Trinajstić information content (AvgIpc) is 2.88. The number of rotatable bonds is 5. The maximum atomic E-state index is 11.4. The third kappa shape index (κ3) is 3.34. The molecule has 0 radical (unpaired) electrons. The van der Waals surface area contributed by atoms with E-state index in [-0.39, 0.29) is 11.5 Å². The number of aryl methyl sites for hydroxylation is 1. The molecule has 0 amide bonds. The van der Waals surface area contributed by atoms with E-state index >= 15 is 0 Å². The van der Waals surface area contributed by atoms with E-state index in [1.54, 1.807) is 30.0 Å². The fourth-order valence-electron chi connectivity index (χ4n) is 1.63. The number of carbonyl (C=O) groups is 1. The van der Waals surface area contributed by atoms with Crippen molar-refractivity contribution in [3.05, 3.63) is 33.7 Å². The van der Waals surface area contributed by atoms with Gasteiger partial charge >= 0.3 is 5.97 Å². The molecule has 0 unspecified atom stereocenters. The Bertz CT molecular complexity index is 612. The molecular formula is C13H15N3O2S2. The number of thioether (sulfide) groups is 1. The Labute approximate surface area is 125 Å². The fraction of sp³-hybridized carbons (Fsp3) is 0.385. The molecule has 0 aromatic carbocycles. The van der Waals surface area contributed by atoms with E-state index in [1.807, 2.05) is 13.8 Å². The lowest BCUT2D eigenvalue weighted by molar-refractivity contribution is 0.0690. The maximum absolute atomic E-state index is 11.4. The highest BCUT2D eigenvalue weighted by Crippen LogP contribution is 2.28. The molecule has 106 valence electrons. The van der Waals surface area contributed by atoms with Crippen LogP contribution in [-0.2, 0) is 5.75 Å². The molecule has 20 heavy (non-hydrogen) atoms. The molecule has 1 N–H and O–H groups in total. The van der Waals surface area contributed by atoms with Crippen LogP contribution in [0.25, 0.3) is 0 Å². The second-order valence-corrected chi connectivity index (χ2v) is 6.50. The van der Waals surface area contributed by atoms with Gasteiger partial charge in [-0.05, 0) is 6.92 Å². The topological polar surface area (TPSA) is 76.0 Å². The van der Waals surface area contributed by atoms with Crippen LogP contribution in [-0.4, -0.2) is 26.0 Å². The predicted molar refractivity (Wildman–Crippen MR) is 79.5 cm³/mol. The van der Waals surface area contributed by atoms with Gasteiger partial charge in [0.25, 0.3) is 0 Å². The van der Waals surface area contributed by atoms with Crippen molar-refractivity contribution in [2.24, 2.45) is 0 Å². The maximum Gasteiger partial charge on any atom is 0.340 e. The first-order chi connectivity index (χ1) is 9.49. The van der Waals surface area contributed by atoms with E-state index in [0.29, 0.717) is 22.3 Å². The number of nitrogens with zero attached hydrogens (tertiary/aromatic N) is 3. The minimum Gasteiger partial charge on any atom is -0.478 e. The van der Waals surface area contributed by atoms with Crippen LogP contribution in [0.3, 0.4) is 0 Å². The van der Waals surface area contributed by atoms with E-state index < -0.39 is 5.97 Å². The fourth-order valence-corrected chi connectivity index (χ4v) is 3.35. The van der Waals surface area contributed by atoms with Gasteiger partial charge in [0.1, 0.15) is 16.4 Å². The van der Waals surface area contributed by atoms with Gasteiger partial charge in [0.2, 0.25) is 0 Å². The molecule has 2 aromatic rings. The molecule has 0 aliphatic heterocycles. The van der Waals surface area contributed by atoms with Crippen molar-refractivity contribution in [1.29, 1.82) is 0 Å². The van der Waals surface area contributed by atoms with Crippen molar-refractivity contribution in [3.63, 3.8) is 0 Å². The van der Waals surface area contributed by atoms with Gasteiger partial charge in [0, 0.05) is 22.7 Å². The van der Waals surface area contributed by atoms with Crippen LogP contribution in [0, 0.1) is 6.92 Å². The summed E-state index contributed by atoms with van der Waals surface area (Å²) in [7, 11) is 0. The lowest BCUT2D eigenvalue weighted by Crippen LogP contribution is -2.10. The molecule has 2 rings (SSSR count). The van der Waals surface area contributed by atoms with Crippen molar-refractivity contribution >= 4 is 29.1 Å².